The molecule has 0 saturated carbocycles. The lowest BCUT2D eigenvalue weighted by Crippen LogP contribution is -2.27. The van der Waals surface area contributed by atoms with Crippen LogP contribution in [0, 0.1) is 6.92 Å². The van der Waals surface area contributed by atoms with Gasteiger partial charge in [-0.15, -0.1) is 0 Å². The third kappa shape index (κ3) is 3.51. The molecule has 15 heavy (non-hydrogen) atoms. The lowest BCUT2D eigenvalue weighted by Gasteiger charge is -2.23. The predicted octanol–water partition coefficient (Wildman–Crippen LogP) is 2.65. The molecule has 0 amide bonds. The summed E-state index contributed by atoms with van der Waals surface area (Å²) in [5, 5.41) is 12.7. The Morgan fingerprint density at radius 3 is 2.40 bits per heavy atom. The first-order chi connectivity index (χ1) is 6.79. The van der Waals surface area contributed by atoms with Crippen LogP contribution in [0.15, 0.2) is 12.3 Å². The number of nitrogens with one attached hydrogen (secondary N) is 1. The molecule has 0 aliphatic carbocycles. The van der Waals surface area contributed by atoms with Crippen LogP contribution in [-0.2, 0) is 0 Å². The van der Waals surface area contributed by atoms with E-state index in [-0.39, 0.29) is 5.54 Å². The van der Waals surface area contributed by atoms with Crippen molar-refractivity contribution >= 4 is 5.82 Å². The number of hydrogen-bond donors (Lipinski definition) is 2. The third-order valence-electron chi connectivity index (χ3n) is 2.08. The van der Waals surface area contributed by atoms with Gasteiger partial charge in [-0.1, -0.05) is 0 Å². The Labute approximate surface area is 91.5 Å². The van der Waals surface area contributed by atoms with Gasteiger partial charge in [-0.05, 0) is 51.8 Å². The molecule has 3 heteroatoms. The van der Waals surface area contributed by atoms with Gasteiger partial charge in [-0.3, -0.25) is 0 Å². The molecule has 3 nitrogen and oxygen atoms in total. The van der Waals surface area contributed by atoms with Crippen LogP contribution in [-0.4, -0.2) is 15.6 Å². The average molecular weight is 208 g/mol. The summed E-state index contributed by atoms with van der Waals surface area (Å²) in [5.41, 5.74) is 1.92. The lowest BCUT2D eigenvalue weighted by molar-refractivity contribution is 0.199. The second-order valence-electron chi connectivity index (χ2n) is 4.99. The molecule has 0 fully saturated rings. The number of aromatic nitrogens is 1. The van der Waals surface area contributed by atoms with Gasteiger partial charge in [-0.2, -0.15) is 0 Å². The van der Waals surface area contributed by atoms with Crippen molar-refractivity contribution in [3.63, 3.8) is 0 Å². The third-order valence-corrected chi connectivity index (χ3v) is 2.08. The standard InChI is InChI=1S/C12H20N2O/c1-8-6-10(9(2)15)7-13-11(8)14-12(3,4)5/h6-7,9,15H,1-5H3,(H,13,14)/t9-/m0/s1. The average Bonchev–Trinajstić information content (AvgIpc) is 2.05. The van der Waals surface area contributed by atoms with E-state index in [0.29, 0.717) is 0 Å². The van der Waals surface area contributed by atoms with Crippen LogP contribution in [0.2, 0.25) is 0 Å². The monoisotopic (exact) mass is 208 g/mol. The Morgan fingerprint density at radius 1 is 1.40 bits per heavy atom. The first-order valence-electron chi connectivity index (χ1n) is 5.22. The highest BCUT2D eigenvalue weighted by Crippen LogP contribution is 2.20. The fraction of sp³-hybridized carbons (Fsp3) is 0.583. The van der Waals surface area contributed by atoms with Gasteiger partial charge >= 0.3 is 0 Å². The fourth-order valence-corrected chi connectivity index (χ4v) is 1.31. The SMILES string of the molecule is Cc1cc([C@H](C)O)cnc1NC(C)(C)C. The Bertz CT molecular complexity index is 340. The Hall–Kier alpha value is -1.09. The molecule has 0 saturated heterocycles. The summed E-state index contributed by atoms with van der Waals surface area (Å²) in [5.74, 6) is 0.881. The molecule has 1 aromatic rings. The minimum Gasteiger partial charge on any atom is -0.389 e. The van der Waals surface area contributed by atoms with E-state index < -0.39 is 6.10 Å². The summed E-state index contributed by atoms with van der Waals surface area (Å²) >= 11 is 0. The largest absolute Gasteiger partial charge is 0.389 e. The predicted molar refractivity (Wildman–Crippen MR) is 63.0 cm³/mol. The summed E-state index contributed by atoms with van der Waals surface area (Å²) < 4.78 is 0. The van der Waals surface area contributed by atoms with Gasteiger partial charge in [0.2, 0.25) is 0 Å². The minimum atomic E-state index is -0.458. The molecule has 0 bridgehead atoms. The van der Waals surface area contributed by atoms with E-state index in [1.165, 1.54) is 0 Å². The van der Waals surface area contributed by atoms with Crippen LogP contribution < -0.4 is 5.32 Å². The summed E-state index contributed by atoms with van der Waals surface area (Å²) in [7, 11) is 0. The quantitative estimate of drug-likeness (QED) is 0.785. The highest BCUT2D eigenvalue weighted by molar-refractivity contribution is 5.46. The first-order valence-corrected chi connectivity index (χ1v) is 5.22. The van der Waals surface area contributed by atoms with Crippen LogP contribution in [0.4, 0.5) is 5.82 Å². The number of aliphatic hydroxyl groups is 1. The van der Waals surface area contributed by atoms with Crippen LogP contribution in [0.5, 0.6) is 0 Å². The zero-order valence-corrected chi connectivity index (χ0v) is 10.1. The van der Waals surface area contributed by atoms with Crippen LogP contribution in [0.25, 0.3) is 0 Å². The van der Waals surface area contributed by atoms with E-state index in [0.717, 1.165) is 16.9 Å². The van der Waals surface area contributed by atoms with Crippen molar-refractivity contribution in [1.29, 1.82) is 0 Å². The molecule has 1 atom stereocenters. The zero-order chi connectivity index (χ0) is 11.6. The number of aliphatic hydroxyl groups excluding tert-OH is 1. The number of hydrogen-bond acceptors (Lipinski definition) is 3. The van der Waals surface area contributed by atoms with Crippen LogP contribution >= 0.6 is 0 Å². The second-order valence-corrected chi connectivity index (χ2v) is 4.99. The molecule has 0 aliphatic rings. The number of nitrogens with zero attached hydrogens (tertiary/aromatic N) is 1. The van der Waals surface area contributed by atoms with E-state index >= 15 is 0 Å². The van der Waals surface area contributed by atoms with E-state index in [9.17, 15) is 5.11 Å². The topological polar surface area (TPSA) is 45.2 Å². The van der Waals surface area contributed by atoms with Gasteiger partial charge in [0.15, 0.2) is 0 Å². The highest BCUT2D eigenvalue weighted by atomic mass is 16.3. The van der Waals surface area contributed by atoms with Gasteiger partial charge in [0.25, 0.3) is 0 Å². The van der Waals surface area contributed by atoms with Crippen molar-refractivity contribution in [1.82, 2.24) is 4.98 Å². The van der Waals surface area contributed by atoms with Crippen LogP contribution in [0.1, 0.15) is 44.9 Å². The van der Waals surface area contributed by atoms with Crippen molar-refractivity contribution in [2.75, 3.05) is 5.32 Å². The van der Waals surface area contributed by atoms with Gasteiger partial charge in [0.05, 0.1) is 6.10 Å². The smallest absolute Gasteiger partial charge is 0.129 e. The minimum absolute atomic E-state index is 0.00407. The number of rotatable bonds is 2. The first kappa shape index (κ1) is 12.0. The normalized spacial score (nSPS) is 13.7. The Balaban J connectivity index is 2.94. The maximum absolute atomic E-state index is 9.41. The second kappa shape index (κ2) is 4.19. The molecule has 0 aliphatic heterocycles. The summed E-state index contributed by atoms with van der Waals surface area (Å²) in [6.07, 6.45) is 1.26. The molecular weight excluding hydrogens is 188 g/mol. The van der Waals surface area contributed by atoms with E-state index in [1.54, 1.807) is 13.1 Å². The lowest BCUT2D eigenvalue weighted by atomic mass is 10.1. The Morgan fingerprint density at radius 2 is 2.00 bits per heavy atom. The molecule has 0 spiro atoms. The molecule has 0 radical (unpaired) electrons. The summed E-state index contributed by atoms with van der Waals surface area (Å²) in [4.78, 5) is 4.31. The van der Waals surface area contributed by atoms with Crippen molar-refractivity contribution in [3.05, 3.63) is 23.4 Å². The van der Waals surface area contributed by atoms with Crippen LogP contribution in [0.3, 0.4) is 0 Å². The van der Waals surface area contributed by atoms with Crippen molar-refractivity contribution in [3.8, 4) is 0 Å². The number of aryl methyl sites for hydroxylation is 1. The van der Waals surface area contributed by atoms with Gasteiger partial charge in [0.1, 0.15) is 5.82 Å². The van der Waals surface area contributed by atoms with Gasteiger partial charge in [0, 0.05) is 11.7 Å². The Kier molecular flexibility index (Phi) is 3.35. The van der Waals surface area contributed by atoms with Gasteiger partial charge < -0.3 is 10.4 Å². The molecule has 1 aromatic heterocycles. The number of anilines is 1. The van der Waals surface area contributed by atoms with E-state index in [2.05, 4.69) is 31.1 Å². The molecule has 84 valence electrons. The van der Waals surface area contributed by atoms with Crippen molar-refractivity contribution in [2.45, 2.75) is 46.3 Å². The maximum Gasteiger partial charge on any atom is 0.129 e. The summed E-state index contributed by atoms with van der Waals surface area (Å²) in [6, 6.07) is 1.96. The maximum atomic E-state index is 9.41. The van der Waals surface area contributed by atoms with E-state index in [4.69, 9.17) is 0 Å². The highest BCUT2D eigenvalue weighted by Gasteiger charge is 2.12. The molecular formula is C12H20N2O. The summed E-state index contributed by atoms with van der Waals surface area (Å²) in [6.45, 7) is 10.0. The van der Waals surface area contributed by atoms with Crippen molar-refractivity contribution in [2.24, 2.45) is 0 Å². The molecule has 1 heterocycles. The number of pyridine rings is 1. The molecule has 1 rings (SSSR count). The molecule has 0 aromatic carbocycles. The zero-order valence-electron chi connectivity index (χ0n) is 10.1. The van der Waals surface area contributed by atoms with Gasteiger partial charge in [-0.25, -0.2) is 4.98 Å². The van der Waals surface area contributed by atoms with Crippen molar-refractivity contribution < 1.29 is 5.11 Å². The fourth-order valence-electron chi connectivity index (χ4n) is 1.31. The molecule has 0 unspecified atom stereocenters. The molecule has 2 N–H and O–H groups in total. The van der Waals surface area contributed by atoms with E-state index in [1.807, 2.05) is 13.0 Å².